The van der Waals surface area contributed by atoms with E-state index in [2.05, 4.69) is 5.32 Å². The Bertz CT molecular complexity index is 1550. The molecule has 0 unspecified atom stereocenters. The van der Waals surface area contributed by atoms with Crippen LogP contribution in [0.15, 0.2) is 53.3 Å². The van der Waals surface area contributed by atoms with Gasteiger partial charge in [-0.3, -0.25) is 24.0 Å². The molecule has 0 aliphatic carbocycles. The first-order valence-corrected chi connectivity index (χ1v) is 13.3. The van der Waals surface area contributed by atoms with Gasteiger partial charge in [0.25, 0.3) is 11.5 Å². The standard InChI is InChI=1S/C26H25Cl2N5O3S/c1-16-23(25(35)33(30(16)2)18-6-4-3-5-7-18)29-21(34)15-31-10-12-32(13-11-31)26(36)24-22(28)19-9-8-17(27)14-20(19)37-24/h3-9,14H,10-13,15H2,1-2H3,(H,29,34). The lowest BCUT2D eigenvalue weighted by Crippen LogP contribution is -2.50. The smallest absolute Gasteiger partial charge is 0.295 e. The van der Waals surface area contributed by atoms with Gasteiger partial charge in [0.1, 0.15) is 10.6 Å². The summed E-state index contributed by atoms with van der Waals surface area (Å²) in [6.45, 7) is 3.95. The van der Waals surface area contributed by atoms with Crippen LogP contribution >= 0.6 is 34.5 Å². The van der Waals surface area contributed by atoms with E-state index < -0.39 is 0 Å². The lowest BCUT2D eigenvalue weighted by molar-refractivity contribution is -0.117. The molecule has 1 saturated heterocycles. The molecule has 4 aromatic rings. The fraction of sp³-hybridized carbons (Fsp3) is 0.269. The highest BCUT2D eigenvalue weighted by molar-refractivity contribution is 7.21. The maximum absolute atomic E-state index is 13.2. The Morgan fingerprint density at radius 2 is 1.73 bits per heavy atom. The van der Waals surface area contributed by atoms with Crippen LogP contribution in [0.4, 0.5) is 5.69 Å². The van der Waals surface area contributed by atoms with Gasteiger partial charge >= 0.3 is 0 Å². The summed E-state index contributed by atoms with van der Waals surface area (Å²) < 4.78 is 4.13. The van der Waals surface area contributed by atoms with Crippen LogP contribution in [0, 0.1) is 6.92 Å². The molecule has 2 amide bonds. The van der Waals surface area contributed by atoms with E-state index in [1.165, 1.54) is 16.0 Å². The zero-order chi connectivity index (χ0) is 26.3. The Kier molecular flexibility index (Phi) is 7.13. The highest BCUT2D eigenvalue weighted by Crippen LogP contribution is 2.37. The number of para-hydroxylation sites is 1. The summed E-state index contributed by atoms with van der Waals surface area (Å²) in [7, 11) is 1.78. The maximum Gasteiger partial charge on any atom is 0.295 e. The van der Waals surface area contributed by atoms with Gasteiger partial charge in [0.2, 0.25) is 5.91 Å². The first-order valence-electron chi connectivity index (χ1n) is 11.8. The van der Waals surface area contributed by atoms with Crippen molar-refractivity contribution in [2.45, 2.75) is 6.92 Å². The fourth-order valence-electron chi connectivity index (χ4n) is 4.52. The first kappa shape index (κ1) is 25.5. The Labute approximate surface area is 227 Å². The van der Waals surface area contributed by atoms with E-state index in [9.17, 15) is 14.4 Å². The molecular formula is C26H25Cl2N5O3S. The molecule has 5 rings (SSSR count). The number of nitrogens with one attached hydrogen (secondary N) is 1. The van der Waals surface area contributed by atoms with E-state index in [4.69, 9.17) is 23.2 Å². The number of thiophene rings is 1. The SMILES string of the molecule is Cc1c(NC(=O)CN2CCN(C(=O)c3sc4cc(Cl)ccc4c3Cl)CC2)c(=O)n(-c2ccccc2)n1C. The third-order valence-corrected chi connectivity index (χ3v) is 8.51. The van der Waals surface area contributed by atoms with Crippen LogP contribution in [0.25, 0.3) is 15.8 Å². The Morgan fingerprint density at radius 3 is 2.43 bits per heavy atom. The number of anilines is 1. The van der Waals surface area contributed by atoms with Crippen molar-refractivity contribution in [3.63, 3.8) is 0 Å². The molecule has 1 aliphatic heterocycles. The molecule has 11 heteroatoms. The van der Waals surface area contributed by atoms with Crippen LogP contribution < -0.4 is 10.9 Å². The number of piperazine rings is 1. The predicted octanol–water partition coefficient (Wildman–Crippen LogP) is 4.40. The molecular weight excluding hydrogens is 533 g/mol. The number of amides is 2. The summed E-state index contributed by atoms with van der Waals surface area (Å²) in [5.74, 6) is -0.386. The molecule has 0 radical (unpaired) electrons. The third-order valence-electron chi connectivity index (χ3n) is 6.63. The average Bonchev–Trinajstić information content (AvgIpc) is 3.32. The van der Waals surface area contributed by atoms with Gasteiger partial charge in [-0.05, 0) is 31.2 Å². The van der Waals surface area contributed by atoms with Gasteiger partial charge in [0.15, 0.2) is 0 Å². The molecule has 0 bridgehead atoms. The van der Waals surface area contributed by atoms with Gasteiger partial charge in [0.05, 0.1) is 22.9 Å². The van der Waals surface area contributed by atoms with Gasteiger partial charge in [-0.15, -0.1) is 11.3 Å². The summed E-state index contributed by atoms with van der Waals surface area (Å²) in [5.41, 5.74) is 1.38. The minimum atomic E-state index is -0.281. The lowest BCUT2D eigenvalue weighted by Gasteiger charge is -2.34. The van der Waals surface area contributed by atoms with E-state index in [0.717, 1.165) is 15.8 Å². The van der Waals surface area contributed by atoms with E-state index >= 15 is 0 Å². The number of carbonyl (C=O) groups excluding carboxylic acids is 2. The van der Waals surface area contributed by atoms with Crippen molar-refractivity contribution in [2.75, 3.05) is 38.0 Å². The highest BCUT2D eigenvalue weighted by atomic mass is 35.5. The predicted molar refractivity (Wildman–Crippen MR) is 149 cm³/mol. The zero-order valence-electron chi connectivity index (χ0n) is 20.3. The summed E-state index contributed by atoms with van der Waals surface area (Å²) >= 11 is 13.9. The van der Waals surface area contributed by atoms with E-state index in [1.807, 2.05) is 47.4 Å². The minimum Gasteiger partial charge on any atom is -0.335 e. The molecule has 0 spiro atoms. The molecule has 2 aromatic carbocycles. The molecule has 1 N–H and O–H groups in total. The highest BCUT2D eigenvalue weighted by Gasteiger charge is 2.27. The largest absolute Gasteiger partial charge is 0.335 e. The van der Waals surface area contributed by atoms with Crippen LogP contribution in [0.5, 0.6) is 0 Å². The molecule has 1 aliphatic rings. The summed E-state index contributed by atoms with van der Waals surface area (Å²) in [5, 5.41) is 4.66. The van der Waals surface area contributed by atoms with Crippen LogP contribution in [0.1, 0.15) is 15.4 Å². The number of aromatic nitrogens is 2. The number of fused-ring (bicyclic) bond motifs is 1. The maximum atomic E-state index is 13.2. The van der Waals surface area contributed by atoms with E-state index in [-0.39, 0.29) is 29.6 Å². The molecule has 0 atom stereocenters. The normalized spacial score (nSPS) is 14.3. The Hall–Kier alpha value is -3.11. The molecule has 37 heavy (non-hydrogen) atoms. The van der Waals surface area contributed by atoms with Gasteiger partial charge in [0, 0.05) is 48.3 Å². The van der Waals surface area contributed by atoms with Crippen LogP contribution in [-0.4, -0.2) is 63.7 Å². The third kappa shape index (κ3) is 4.92. The number of nitrogens with zero attached hydrogens (tertiary/aromatic N) is 4. The summed E-state index contributed by atoms with van der Waals surface area (Å²) in [6.07, 6.45) is 0. The van der Waals surface area contributed by atoms with Crippen molar-refractivity contribution < 1.29 is 9.59 Å². The summed E-state index contributed by atoms with van der Waals surface area (Å²) in [4.78, 5) is 43.3. The van der Waals surface area contributed by atoms with Gasteiger partial charge in [-0.25, -0.2) is 4.68 Å². The van der Waals surface area contributed by atoms with Crippen LogP contribution in [0.3, 0.4) is 0 Å². The number of hydrogen-bond donors (Lipinski definition) is 1. The minimum absolute atomic E-state index is 0.118. The number of carbonyl (C=O) groups is 2. The molecule has 2 aromatic heterocycles. The van der Waals surface area contributed by atoms with Crippen molar-refractivity contribution in [1.29, 1.82) is 0 Å². The molecule has 3 heterocycles. The second kappa shape index (κ2) is 10.3. The second-order valence-corrected chi connectivity index (χ2v) is 10.8. The van der Waals surface area contributed by atoms with E-state index in [1.54, 1.807) is 29.6 Å². The molecule has 1 fully saturated rings. The number of hydrogen-bond acceptors (Lipinski definition) is 5. The lowest BCUT2D eigenvalue weighted by atomic mass is 10.2. The van der Waals surface area contributed by atoms with Gasteiger partial charge in [-0.1, -0.05) is 47.5 Å². The first-order chi connectivity index (χ1) is 17.7. The van der Waals surface area contributed by atoms with Gasteiger partial charge in [-0.2, -0.15) is 0 Å². The fourth-order valence-corrected chi connectivity index (χ4v) is 6.28. The van der Waals surface area contributed by atoms with Crippen molar-refractivity contribution >= 4 is 62.1 Å². The van der Waals surface area contributed by atoms with Crippen molar-refractivity contribution in [3.05, 3.63) is 79.5 Å². The topological polar surface area (TPSA) is 79.6 Å². The van der Waals surface area contributed by atoms with Crippen LogP contribution in [-0.2, 0) is 11.8 Å². The summed E-state index contributed by atoms with van der Waals surface area (Å²) in [6, 6.07) is 14.7. The zero-order valence-corrected chi connectivity index (χ0v) is 22.7. The molecule has 192 valence electrons. The number of rotatable bonds is 5. The average molecular weight is 558 g/mol. The van der Waals surface area contributed by atoms with E-state index in [0.29, 0.717) is 46.8 Å². The number of benzene rings is 2. The quantitative estimate of drug-likeness (QED) is 0.394. The Morgan fingerprint density at radius 1 is 1.03 bits per heavy atom. The Balaban J connectivity index is 1.21. The molecule has 8 nitrogen and oxygen atoms in total. The van der Waals surface area contributed by atoms with Crippen molar-refractivity contribution in [3.8, 4) is 5.69 Å². The number of halogens is 2. The van der Waals surface area contributed by atoms with Crippen molar-refractivity contribution in [1.82, 2.24) is 19.2 Å². The molecule has 0 saturated carbocycles. The van der Waals surface area contributed by atoms with Crippen LogP contribution in [0.2, 0.25) is 10.0 Å². The van der Waals surface area contributed by atoms with Crippen molar-refractivity contribution in [2.24, 2.45) is 7.05 Å². The monoisotopic (exact) mass is 557 g/mol. The van der Waals surface area contributed by atoms with Gasteiger partial charge < -0.3 is 10.2 Å². The second-order valence-electron chi connectivity index (χ2n) is 8.94.